The maximum atomic E-state index is 11.0. The van der Waals surface area contributed by atoms with Crippen LogP contribution in [-0.4, -0.2) is 21.2 Å². The lowest BCUT2D eigenvalue weighted by Gasteiger charge is -1.98. The first-order valence-corrected chi connectivity index (χ1v) is 5.20. The summed E-state index contributed by atoms with van der Waals surface area (Å²) >= 11 is 5.92. The van der Waals surface area contributed by atoms with Crippen molar-refractivity contribution in [2.45, 2.75) is 0 Å². The number of fused-ring (bicyclic) bond motifs is 1. The van der Waals surface area contributed by atoms with Crippen molar-refractivity contribution in [2.75, 3.05) is 0 Å². The van der Waals surface area contributed by atoms with Gasteiger partial charge in [-0.2, -0.15) is 0 Å². The van der Waals surface area contributed by atoms with Gasteiger partial charge in [0, 0.05) is 0 Å². The smallest absolute Gasteiger partial charge is 0.153 e. The molecule has 0 saturated heterocycles. The molecule has 17 heavy (non-hydrogen) atoms. The Kier molecular flexibility index (Phi) is 2.19. The molecule has 0 atom stereocenters. The number of aldehydes is 1. The molecule has 0 aliphatic rings. The standard InChI is InChI=1S/C11H6ClN3O2/c12-10-6(4-16)8-9(7-2-1-3-17-7)13-5-14-11(8)15-10/h1-5H,(H,13,14,15). The van der Waals surface area contributed by atoms with Gasteiger partial charge in [-0.1, -0.05) is 11.6 Å². The zero-order valence-electron chi connectivity index (χ0n) is 8.48. The van der Waals surface area contributed by atoms with Crippen LogP contribution in [0, 0.1) is 0 Å². The summed E-state index contributed by atoms with van der Waals surface area (Å²) in [5.74, 6) is 0.566. The molecule has 0 aliphatic heterocycles. The van der Waals surface area contributed by atoms with E-state index in [0.29, 0.717) is 34.3 Å². The molecule has 3 heterocycles. The van der Waals surface area contributed by atoms with Crippen molar-refractivity contribution in [3.63, 3.8) is 0 Å². The number of furan rings is 1. The van der Waals surface area contributed by atoms with E-state index in [9.17, 15) is 4.79 Å². The van der Waals surface area contributed by atoms with Crippen LogP contribution in [0.4, 0.5) is 0 Å². The summed E-state index contributed by atoms with van der Waals surface area (Å²) in [7, 11) is 0. The summed E-state index contributed by atoms with van der Waals surface area (Å²) in [5.41, 5.74) is 1.40. The van der Waals surface area contributed by atoms with Gasteiger partial charge >= 0.3 is 0 Å². The van der Waals surface area contributed by atoms with Gasteiger partial charge < -0.3 is 9.40 Å². The predicted octanol–water partition coefficient (Wildman–Crippen LogP) is 2.68. The molecule has 84 valence electrons. The molecule has 0 radical (unpaired) electrons. The van der Waals surface area contributed by atoms with E-state index in [1.54, 1.807) is 12.1 Å². The average Bonchev–Trinajstić information content (AvgIpc) is 2.93. The quantitative estimate of drug-likeness (QED) is 0.707. The van der Waals surface area contributed by atoms with Crippen LogP contribution in [0.5, 0.6) is 0 Å². The molecule has 3 rings (SSSR count). The van der Waals surface area contributed by atoms with Crippen LogP contribution < -0.4 is 0 Å². The van der Waals surface area contributed by atoms with Crippen molar-refractivity contribution in [3.8, 4) is 11.5 Å². The number of aromatic amines is 1. The van der Waals surface area contributed by atoms with E-state index >= 15 is 0 Å². The Balaban J connectivity index is 2.43. The van der Waals surface area contributed by atoms with Crippen molar-refractivity contribution >= 4 is 28.9 Å². The second-order valence-corrected chi connectivity index (χ2v) is 3.77. The van der Waals surface area contributed by atoms with E-state index in [2.05, 4.69) is 15.0 Å². The van der Waals surface area contributed by atoms with Crippen LogP contribution in [0.3, 0.4) is 0 Å². The third-order valence-electron chi connectivity index (χ3n) is 2.45. The zero-order valence-corrected chi connectivity index (χ0v) is 9.23. The van der Waals surface area contributed by atoms with Crippen molar-refractivity contribution in [2.24, 2.45) is 0 Å². The van der Waals surface area contributed by atoms with Gasteiger partial charge in [0.15, 0.2) is 12.0 Å². The highest BCUT2D eigenvalue weighted by molar-refractivity contribution is 6.34. The highest BCUT2D eigenvalue weighted by atomic mass is 35.5. The third-order valence-corrected chi connectivity index (χ3v) is 2.75. The highest BCUT2D eigenvalue weighted by Crippen LogP contribution is 2.31. The molecular formula is C11H6ClN3O2. The predicted molar refractivity (Wildman–Crippen MR) is 62.0 cm³/mol. The fourth-order valence-corrected chi connectivity index (χ4v) is 1.96. The number of aromatic nitrogens is 3. The Labute approximate surface area is 100 Å². The molecule has 0 spiro atoms. The average molecular weight is 248 g/mol. The summed E-state index contributed by atoms with van der Waals surface area (Å²) in [6, 6.07) is 3.51. The largest absolute Gasteiger partial charge is 0.463 e. The number of carbonyl (C=O) groups is 1. The lowest BCUT2D eigenvalue weighted by Crippen LogP contribution is -1.88. The molecule has 0 aromatic carbocycles. The molecule has 0 amide bonds. The van der Waals surface area contributed by atoms with Gasteiger partial charge in [-0.25, -0.2) is 9.97 Å². The molecule has 0 saturated carbocycles. The maximum Gasteiger partial charge on any atom is 0.153 e. The lowest BCUT2D eigenvalue weighted by molar-refractivity contribution is 0.112. The normalized spacial score (nSPS) is 10.9. The van der Waals surface area contributed by atoms with Gasteiger partial charge in [-0.3, -0.25) is 4.79 Å². The minimum Gasteiger partial charge on any atom is -0.463 e. The van der Waals surface area contributed by atoms with Crippen LogP contribution in [0.2, 0.25) is 5.15 Å². The number of hydrogen-bond acceptors (Lipinski definition) is 4. The molecule has 3 aromatic heterocycles. The highest BCUT2D eigenvalue weighted by Gasteiger charge is 2.17. The summed E-state index contributed by atoms with van der Waals surface area (Å²) in [4.78, 5) is 22.0. The van der Waals surface area contributed by atoms with Crippen molar-refractivity contribution in [1.29, 1.82) is 0 Å². The summed E-state index contributed by atoms with van der Waals surface area (Å²) in [6.07, 6.45) is 3.61. The first-order chi connectivity index (χ1) is 8.31. The third kappa shape index (κ3) is 1.43. The van der Waals surface area contributed by atoms with Gasteiger partial charge in [0.1, 0.15) is 22.8 Å². The molecule has 3 aromatic rings. The number of carbonyl (C=O) groups excluding carboxylic acids is 1. The van der Waals surface area contributed by atoms with E-state index in [1.807, 2.05) is 0 Å². The zero-order chi connectivity index (χ0) is 11.8. The number of nitrogens with one attached hydrogen (secondary N) is 1. The maximum absolute atomic E-state index is 11.0. The fraction of sp³-hybridized carbons (Fsp3) is 0. The summed E-state index contributed by atoms with van der Waals surface area (Å²) in [6.45, 7) is 0. The molecule has 0 aliphatic carbocycles. The van der Waals surface area contributed by atoms with Gasteiger partial charge in [0.25, 0.3) is 0 Å². The van der Waals surface area contributed by atoms with Crippen LogP contribution in [0.15, 0.2) is 29.1 Å². The monoisotopic (exact) mass is 247 g/mol. The molecule has 0 unspecified atom stereocenters. The van der Waals surface area contributed by atoms with Gasteiger partial charge in [0.05, 0.1) is 17.2 Å². The molecular weight excluding hydrogens is 242 g/mol. The van der Waals surface area contributed by atoms with E-state index in [-0.39, 0.29) is 5.15 Å². The Morgan fingerprint density at radius 2 is 2.29 bits per heavy atom. The number of rotatable bonds is 2. The molecule has 0 bridgehead atoms. The Bertz CT molecular complexity index is 688. The molecule has 0 fully saturated rings. The first kappa shape index (κ1) is 10.0. The number of H-pyrrole nitrogens is 1. The van der Waals surface area contributed by atoms with Crippen molar-refractivity contribution in [3.05, 3.63) is 35.4 Å². The minimum atomic E-state index is 0.253. The van der Waals surface area contributed by atoms with Crippen LogP contribution in [-0.2, 0) is 0 Å². The number of halogens is 1. The van der Waals surface area contributed by atoms with E-state index < -0.39 is 0 Å². The molecule has 1 N–H and O–H groups in total. The van der Waals surface area contributed by atoms with Crippen LogP contribution >= 0.6 is 11.6 Å². The molecule has 5 nitrogen and oxygen atoms in total. The number of hydrogen-bond donors (Lipinski definition) is 1. The minimum absolute atomic E-state index is 0.253. The van der Waals surface area contributed by atoms with Crippen molar-refractivity contribution in [1.82, 2.24) is 15.0 Å². The summed E-state index contributed by atoms with van der Waals surface area (Å²) < 4.78 is 5.27. The second kappa shape index (κ2) is 3.71. The fourth-order valence-electron chi connectivity index (χ4n) is 1.73. The van der Waals surface area contributed by atoms with Crippen LogP contribution in [0.25, 0.3) is 22.5 Å². The van der Waals surface area contributed by atoms with Gasteiger partial charge in [0.2, 0.25) is 0 Å². The lowest BCUT2D eigenvalue weighted by atomic mass is 10.1. The summed E-state index contributed by atoms with van der Waals surface area (Å²) in [5, 5.41) is 0.825. The van der Waals surface area contributed by atoms with E-state index in [0.717, 1.165) is 0 Å². The SMILES string of the molecule is O=Cc1c(Cl)[nH]c2ncnc(-c3ccco3)c12. The Morgan fingerprint density at radius 1 is 1.41 bits per heavy atom. The van der Waals surface area contributed by atoms with Crippen LogP contribution in [0.1, 0.15) is 10.4 Å². The second-order valence-electron chi connectivity index (χ2n) is 3.39. The number of nitrogens with zero attached hydrogens (tertiary/aromatic N) is 2. The van der Waals surface area contributed by atoms with E-state index in [4.69, 9.17) is 16.0 Å². The Hall–Kier alpha value is -2.14. The van der Waals surface area contributed by atoms with Gasteiger partial charge in [-0.15, -0.1) is 0 Å². The van der Waals surface area contributed by atoms with Crippen molar-refractivity contribution < 1.29 is 9.21 Å². The molecule has 6 heteroatoms. The first-order valence-electron chi connectivity index (χ1n) is 4.82. The Morgan fingerprint density at radius 3 is 3.00 bits per heavy atom. The van der Waals surface area contributed by atoms with E-state index in [1.165, 1.54) is 12.6 Å². The topological polar surface area (TPSA) is 71.8 Å². The van der Waals surface area contributed by atoms with Gasteiger partial charge in [-0.05, 0) is 12.1 Å².